The topological polar surface area (TPSA) is 64.6 Å². The van der Waals surface area contributed by atoms with Crippen LogP contribution >= 0.6 is 17.1 Å². The number of fused-ring (bicyclic) bond motifs is 3. The average molecular weight is 429 g/mol. The Labute approximate surface area is 164 Å². The van der Waals surface area contributed by atoms with E-state index in [-0.39, 0.29) is 24.4 Å². The van der Waals surface area contributed by atoms with Crippen molar-refractivity contribution in [3.8, 4) is 0 Å². The number of ether oxygens (including phenoxy) is 5. The van der Waals surface area contributed by atoms with Gasteiger partial charge in [-0.05, 0) is 53.3 Å². The molecule has 10 heteroatoms. The smallest absolute Gasteiger partial charge is 0.247 e. The first kappa shape index (κ1) is 21.4. The van der Waals surface area contributed by atoms with E-state index in [0.717, 1.165) is 0 Å². The molecule has 0 aliphatic carbocycles. The molecule has 0 spiro atoms. The maximum atomic E-state index is 6.19. The molecule has 0 aromatic carbocycles. The van der Waals surface area contributed by atoms with Crippen molar-refractivity contribution in [2.24, 2.45) is 0 Å². The number of hydrogen-bond donors (Lipinski definition) is 0. The fourth-order valence-corrected chi connectivity index (χ4v) is 8.12. The third kappa shape index (κ3) is 4.64. The summed E-state index contributed by atoms with van der Waals surface area (Å²) in [7, 11) is 0. The first-order valence-corrected chi connectivity index (χ1v) is 13.2. The number of hydrogen-bond acceptors (Lipinski definition) is 9. The zero-order valence-electron chi connectivity index (χ0n) is 16.1. The van der Waals surface area contributed by atoms with Crippen LogP contribution in [-0.4, -0.2) is 61.2 Å². The molecule has 0 unspecified atom stereocenters. The molecule has 3 rings (SSSR count). The van der Waals surface area contributed by atoms with Crippen molar-refractivity contribution in [1.82, 2.24) is 0 Å². The monoisotopic (exact) mass is 428 g/mol. The Hall–Kier alpha value is 0.720. The highest BCUT2D eigenvalue weighted by Gasteiger charge is 2.60. The van der Waals surface area contributed by atoms with Gasteiger partial charge in [0.05, 0.1) is 19.3 Å². The lowest BCUT2D eigenvalue weighted by Crippen LogP contribution is -2.55. The molecule has 0 aromatic rings. The molecular weight excluding hydrogens is 399 g/mol. The maximum Gasteiger partial charge on any atom is 0.247 e. The molecule has 0 N–H and O–H groups in total. The lowest BCUT2D eigenvalue weighted by Gasteiger charge is -2.37. The van der Waals surface area contributed by atoms with Crippen LogP contribution in [0.1, 0.15) is 41.5 Å². The summed E-state index contributed by atoms with van der Waals surface area (Å²) in [5, 5.41) is 0. The van der Waals surface area contributed by atoms with E-state index < -0.39 is 23.6 Å². The van der Waals surface area contributed by atoms with Crippen LogP contribution in [0, 0.1) is 0 Å². The van der Waals surface area contributed by atoms with Gasteiger partial charge in [-0.2, -0.15) is 0 Å². The van der Waals surface area contributed by atoms with E-state index in [9.17, 15) is 0 Å². The van der Waals surface area contributed by atoms with Crippen LogP contribution in [-0.2, 0) is 44.5 Å². The molecule has 0 amide bonds. The highest BCUT2D eigenvalue weighted by Crippen LogP contribution is 2.61. The molecule has 3 aliphatic heterocycles. The van der Waals surface area contributed by atoms with E-state index >= 15 is 0 Å². The standard InChI is InChI=1S/C16H29O7PS2/c1-7-17-24(25,18-8-2)26-9-10-11-12(21-15(3,4)20-11)13-14(19-10)23-16(5,6)22-13/h10-14H,7-9H2,1-6H3/t10-,11+,12+,13-,14-/m1/s1. The van der Waals surface area contributed by atoms with E-state index in [2.05, 4.69) is 0 Å². The molecule has 0 saturated carbocycles. The van der Waals surface area contributed by atoms with Crippen LogP contribution in [0.15, 0.2) is 0 Å². The third-order valence-electron chi connectivity index (χ3n) is 4.22. The van der Waals surface area contributed by atoms with Gasteiger partial charge in [0.25, 0.3) is 0 Å². The minimum atomic E-state index is -2.41. The van der Waals surface area contributed by atoms with Gasteiger partial charge in [-0.3, -0.25) is 0 Å². The maximum absolute atomic E-state index is 6.19. The van der Waals surface area contributed by atoms with Gasteiger partial charge in [-0.15, -0.1) is 0 Å². The Morgan fingerprint density at radius 1 is 0.885 bits per heavy atom. The Kier molecular flexibility index (Phi) is 6.48. The van der Waals surface area contributed by atoms with Crippen LogP contribution in [0.5, 0.6) is 0 Å². The normalized spacial score (nSPS) is 38.2. The lowest BCUT2D eigenvalue weighted by atomic mass is 10.00. The van der Waals surface area contributed by atoms with Crippen molar-refractivity contribution in [1.29, 1.82) is 0 Å². The molecule has 0 radical (unpaired) electrons. The first-order chi connectivity index (χ1) is 12.1. The molecule has 7 nitrogen and oxygen atoms in total. The van der Waals surface area contributed by atoms with Crippen molar-refractivity contribution < 1.29 is 32.7 Å². The average Bonchev–Trinajstić information content (AvgIpc) is 2.99. The van der Waals surface area contributed by atoms with Crippen LogP contribution in [0.3, 0.4) is 0 Å². The van der Waals surface area contributed by atoms with Crippen molar-refractivity contribution in [2.45, 2.75) is 83.8 Å². The minimum Gasteiger partial charge on any atom is -0.343 e. The molecule has 0 aromatic heterocycles. The largest absolute Gasteiger partial charge is 0.343 e. The predicted molar refractivity (Wildman–Crippen MR) is 103 cm³/mol. The second-order valence-corrected chi connectivity index (χ2v) is 13.6. The van der Waals surface area contributed by atoms with Crippen molar-refractivity contribution in [2.75, 3.05) is 19.0 Å². The Balaban J connectivity index is 1.74. The molecular formula is C16H29O7PS2. The fraction of sp³-hybridized carbons (Fsp3) is 1.00. The summed E-state index contributed by atoms with van der Waals surface area (Å²) >= 11 is 7.10. The van der Waals surface area contributed by atoms with Crippen LogP contribution in [0.25, 0.3) is 0 Å². The molecule has 3 aliphatic rings. The van der Waals surface area contributed by atoms with E-state index in [1.165, 1.54) is 11.4 Å². The Morgan fingerprint density at radius 3 is 2.04 bits per heavy atom. The highest BCUT2D eigenvalue weighted by molar-refractivity contribution is 8.67. The van der Waals surface area contributed by atoms with E-state index in [4.69, 9.17) is 44.5 Å². The summed E-state index contributed by atoms with van der Waals surface area (Å²) in [5.41, 5.74) is -2.41. The predicted octanol–water partition coefficient (Wildman–Crippen LogP) is 3.41. The van der Waals surface area contributed by atoms with Gasteiger partial charge in [0.2, 0.25) is 5.69 Å². The summed E-state index contributed by atoms with van der Waals surface area (Å²) < 4.78 is 41.8. The van der Waals surface area contributed by atoms with Gasteiger partial charge < -0.3 is 32.7 Å². The summed E-state index contributed by atoms with van der Waals surface area (Å²) in [6.07, 6.45) is -1.59. The zero-order chi connectivity index (χ0) is 19.2. The fourth-order valence-electron chi connectivity index (χ4n) is 3.42. The molecule has 26 heavy (non-hydrogen) atoms. The van der Waals surface area contributed by atoms with Gasteiger partial charge in [0.15, 0.2) is 17.9 Å². The summed E-state index contributed by atoms with van der Waals surface area (Å²) in [6, 6.07) is 0. The van der Waals surface area contributed by atoms with E-state index in [0.29, 0.717) is 19.0 Å². The van der Waals surface area contributed by atoms with E-state index in [1.54, 1.807) is 0 Å². The van der Waals surface area contributed by atoms with Gasteiger partial charge in [-0.1, -0.05) is 11.4 Å². The quantitative estimate of drug-likeness (QED) is 0.568. The summed E-state index contributed by atoms with van der Waals surface area (Å²) in [6.45, 7) is 12.4. The SMILES string of the molecule is CCOP(=S)(OCC)SC[C@H]1O[C@@H]2OC(C)(C)O[C@@H]2[C@H]2OC(C)(C)O[C@H]21. The zero-order valence-corrected chi connectivity index (χ0v) is 18.7. The molecule has 3 saturated heterocycles. The summed E-state index contributed by atoms with van der Waals surface area (Å²) in [4.78, 5) is 0. The Bertz CT molecular complexity index is 549. The molecule has 152 valence electrons. The molecule has 0 bridgehead atoms. The second kappa shape index (κ2) is 7.86. The second-order valence-electron chi connectivity index (χ2n) is 7.29. The van der Waals surface area contributed by atoms with Crippen LogP contribution in [0.4, 0.5) is 0 Å². The van der Waals surface area contributed by atoms with Crippen LogP contribution < -0.4 is 0 Å². The third-order valence-corrected chi connectivity index (χ3v) is 9.77. The molecule has 5 atom stereocenters. The Morgan fingerprint density at radius 2 is 1.42 bits per heavy atom. The minimum absolute atomic E-state index is 0.256. The number of rotatable bonds is 7. The lowest BCUT2D eigenvalue weighted by molar-refractivity contribution is -0.228. The highest BCUT2D eigenvalue weighted by atomic mass is 32.9. The van der Waals surface area contributed by atoms with Crippen molar-refractivity contribution in [3.63, 3.8) is 0 Å². The molecule has 3 fully saturated rings. The van der Waals surface area contributed by atoms with Crippen molar-refractivity contribution in [3.05, 3.63) is 0 Å². The van der Waals surface area contributed by atoms with Crippen LogP contribution in [0.2, 0.25) is 0 Å². The van der Waals surface area contributed by atoms with Gasteiger partial charge in [0, 0.05) is 5.75 Å². The van der Waals surface area contributed by atoms with Gasteiger partial charge in [0.1, 0.15) is 18.3 Å². The summed E-state index contributed by atoms with van der Waals surface area (Å²) in [5.74, 6) is -0.846. The molecule has 3 heterocycles. The van der Waals surface area contributed by atoms with Gasteiger partial charge in [-0.25, -0.2) is 0 Å². The van der Waals surface area contributed by atoms with Crippen molar-refractivity contribution >= 4 is 28.9 Å². The van der Waals surface area contributed by atoms with Gasteiger partial charge >= 0.3 is 0 Å². The first-order valence-electron chi connectivity index (χ1n) is 8.98. The van der Waals surface area contributed by atoms with E-state index in [1.807, 2.05) is 41.5 Å².